The molecule has 3 heteroatoms. The fraction of sp³-hybridized carbons (Fsp3) is 0.500. The molecule has 0 aromatic carbocycles. The third kappa shape index (κ3) is 4.35. The average molecular weight is 251 g/mol. The molecule has 0 aliphatic rings. The maximum absolute atomic E-state index is 11.9. The van der Waals surface area contributed by atoms with Gasteiger partial charge in [0.05, 0.1) is 4.88 Å². The van der Waals surface area contributed by atoms with E-state index in [1.54, 1.807) is 11.3 Å². The Balaban J connectivity index is 2.54. The molecule has 0 bridgehead atoms. The smallest absolute Gasteiger partial charge is 0.261 e. The molecular weight excluding hydrogens is 230 g/mol. The Hall–Kier alpha value is -1.09. The molecule has 0 unspecified atom stereocenters. The Bertz CT molecular complexity index is 393. The summed E-state index contributed by atoms with van der Waals surface area (Å²) >= 11 is 1.60. The predicted octanol–water partition coefficient (Wildman–Crippen LogP) is 3.71. The van der Waals surface area contributed by atoms with Crippen molar-refractivity contribution in [3.05, 3.63) is 33.5 Å². The van der Waals surface area contributed by atoms with Gasteiger partial charge in [0, 0.05) is 11.4 Å². The maximum Gasteiger partial charge on any atom is 0.261 e. The highest BCUT2D eigenvalue weighted by Gasteiger charge is 2.10. The van der Waals surface area contributed by atoms with E-state index in [0.29, 0.717) is 6.54 Å². The molecule has 0 fully saturated rings. The average Bonchev–Trinajstić information content (AvgIpc) is 2.67. The fourth-order valence-electron chi connectivity index (χ4n) is 1.67. The van der Waals surface area contributed by atoms with Crippen molar-refractivity contribution < 1.29 is 4.79 Å². The van der Waals surface area contributed by atoms with E-state index in [1.165, 1.54) is 10.4 Å². The molecule has 0 radical (unpaired) electrons. The van der Waals surface area contributed by atoms with Gasteiger partial charge in [0.2, 0.25) is 0 Å². The van der Waals surface area contributed by atoms with Crippen LogP contribution in [0.25, 0.3) is 0 Å². The van der Waals surface area contributed by atoms with Gasteiger partial charge in [0.25, 0.3) is 5.91 Å². The highest BCUT2D eigenvalue weighted by molar-refractivity contribution is 7.14. The van der Waals surface area contributed by atoms with Crippen molar-refractivity contribution in [2.75, 3.05) is 6.54 Å². The lowest BCUT2D eigenvalue weighted by atomic mass is 10.1. The van der Waals surface area contributed by atoms with Crippen molar-refractivity contribution in [2.24, 2.45) is 0 Å². The van der Waals surface area contributed by atoms with E-state index in [4.69, 9.17) is 0 Å². The second-order valence-electron chi connectivity index (χ2n) is 4.06. The lowest BCUT2D eigenvalue weighted by Gasteiger charge is -2.00. The molecule has 2 nitrogen and oxygen atoms in total. The summed E-state index contributed by atoms with van der Waals surface area (Å²) in [5, 5.41) is 2.94. The largest absolute Gasteiger partial charge is 0.351 e. The molecule has 0 spiro atoms. The summed E-state index contributed by atoms with van der Waals surface area (Å²) in [5.41, 5.74) is 1.32. The summed E-state index contributed by atoms with van der Waals surface area (Å²) in [4.78, 5) is 14.0. The zero-order valence-electron chi connectivity index (χ0n) is 10.9. The molecule has 1 heterocycles. The number of amides is 1. The standard InChI is InChI=1S/C14H21NOS/c1-4-6-7-9-15-14(16)13-10-12(8-5-2)11(3)17-13/h4,6,10H,5,7-9H2,1-3H3,(H,15,16)/b6-4+. The Morgan fingerprint density at radius 2 is 2.29 bits per heavy atom. The van der Waals surface area contributed by atoms with Crippen LogP contribution in [0.15, 0.2) is 18.2 Å². The van der Waals surface area contributed by atoms with Crippen LogP contribution >= 0.6 is 11.3 Å². The summed E-state index contributed by atoms with van der Waals surface area (Å²) in [7, 11) is 0. The van der Waals surface area contributed by atoms with Crippen LogP contribution < -0.4 is 5.32 Å². The Morgan fingerprint density at radius 1 is 1.53 bits per heavy atom. The fourth-order valence-corrected chi connectivity index (χ4v) is 2.66. The summed E-state index contributed by atoms with van der Waals surface area (Å²) in [6.07, 6.45) is 7.14. The second-order valence-corrected chi connectivity index (χ2v) is 5.31. The number of carbonyl (C=O) groups excluding carboxylic acids is 1. The summed E-state index contributed by atoms with van der Waals surface area (Å²) in [6.45, 7) is 6.95. The SMILES string of the molecule is C/C=C/CCNC(=O)c1cc(CCC)c(C)s1. The van der Waals surface area contributed by atoms with Gasteiger partial charge in [-0.2, -0.15) is 0 Å². The summed E-state index contributed by atoms with van der Waals surface area (Å²) in [5.74, 6) is 0.0601. The quantitative estimate of drug-likeness (QED) is 0.606. The first-order valence-corrected chi connectivity index (χ1v) is 6.99. The molecule has 1 aromatic heterocycles. The van der Waals surface area contributed by atoms with Gasteiger partial charge < -0.3 is 5.32 Å². The molecule has 94 valence electrons. The first-order valence-electron chi connectivity index (χ1n) is 6.17. The van der Waals surface area contributed by atoms with Crippen molar-refractivity contribution in [2.45, 2.75) is 40.0 Å². The van der Waals surface area contributed by atoms with Gasteiger partial charge in [-0.25, -0.2) is 0 Å². The molecular formula is C14H21NOS. The molecule has 17 heavy (non-hydrogen) atoms. The summed E-state index contributed by atoms with van der Waals surface area (Å²) in [6, 6.07) is 2.04. The van der Waals surface area contributed by atoms with E-state index < -0.39 is 0 Å². The third-order valence-electron chi connectivity index (χ3n) is 2.60. The lowest BCUT2D eigenvalue weighted by molar-refractivity contribution is 0.0958. The van der Waals surface area contributed by atoms with Crippen LogP contribution in [0.2, 0.25) is 0 Å². The molecule has 0 saturated carbocycles. The number of nitrogens with one attached hydrogen (secondary N) is 1. The number of aryl methyl sites for hydroxylation is 2. The van der Waals surface area contributed by atoms with Crippen LogP contribution in [0.1, 0.15) is 46.8 Å². The van der Waals surface area contributed by atoms with Crippen molar-refractivity contribution in [1.29, 1.82) is 0 Å². The minimum atomic E-state index is 0.0601. The first-order chi connectivity index (χ1) is 8.19. The highest BCUT2D eigenvalue weighted by atomic mass is 32.1. The van der Waals surface area contributed by atoms with E-state index in [1.807, 2.05) is 19.1 Å². The van der Waals surface area contributed by atoms with Gasteiger partial charge in [0.1, 0.15) is 0 Å². The number of carbonyl (C=O) groups is 1. The number of rotatable bonds is 6. The molecule has 1 N–H and O–H groups in total. The van der Waals surface area contributed by atoms with Crippen molar-refractivity contribution in [3.63, 3.8) is 0 Å². The first kappa shape index (κ1) is 14.0. The molecule has 0 saturated heterocycles. The van der Waals surface area contributed by atoms with Crippen molar-refractivity contribution >= 4 is 17.2 Å². The number of thiophene rings is 1. The van der Waals surface area contributed by atoms with E-state index in [0.717, 1.165) is 24.1 Å². The predicted molar refractivity (Wildman–Crippen MR) is 74.8 cm³/mol. The third-order valence-corrected chi connectivity index (χ3v) is 3.69. The van der Waals surface area contributed by atoms with Crippen LogP contribution in [0.3, 0.4) is 0 Å². The molecule has 0 aliphatic carbocycles. The number of hydrogen-bond donors (Lipinski definition) is 1. The summed E-state index contributed by atoms with van der Waals surface area (Å²) < 4.78 is 0. The molecule has 0 atom stereocenters. The van der Waals surface area contributed by atoms with Gasteiger partial charge in [0.15, 0.2) is 0 Å². The topological polar surface area (TPSA) is 29.1 Å². The maximum atomic E-state index is 11.9. The van der Waals surface area contributed by atoms with Crippen molar-refractivity contribution in [3.8, 4) is 0 Å². The minimum Gasteiger partial charge on any atom is -0.351 e. The van der Waals surface area contributed by atoms with Crippen LogP contribution in [0.5, 0.6) is 0 Å². The zero-order chi connectivity index (χ0) is 12.7. The van der Waals surface area contributed by atoms with E-state index in [9.17, 15) is 4.79 Å². The van der Waals surface area contributed by atoms with Gasteiger partial charge in [-0.3, -0.25) is 4.79 Å². The minimum absolute atomic E-state index is 0.0601. The second kappa shape index (κ2) is 7.28. The number of allylic oxidation sites excluding steroid dienone is 1. The van der Waals surface area contributed by atoms with Gasteiger partial charge in [-0.05, 0) is 38.3 Å². The van der Waals surface area contributed by atoms with Crippen molar-refractivity contribution in [1.82, 2.24) is 5.32 Å². The van der Waals surface area contributed by atoms with E-state index in [2.05, 4.69) is 25.2 Å². The Labute approximate surface area is 108 Å². The van der Waals surface area contributed by atoms with Crippen LogP contribution in [-0.2, 0) is 6.42 Å². The van der Waals surface area contributed by atoms with Gasteiger partial charge in [-0.1, -0.05) is 25.5 Å². The Morgan fingerprint density at radius 3 is 2.94 bits per heavy atom. The monoisotopic (exact) mass is 251 g/mol. The van der Waals surface area contributed by atoms with Crippen LogP contribution in [0, 0.1) is 6.92 Å². The number of hydrogen-bond acceptors (Lipinski definition) is 2. The van der Waals surface area contributed by atoms with E-state index >= 15 is 0 Å². The lowest BCUT2D eigenvalue weighted by Crippen LogP contribution is -2.23. The zero-order valence-corrected chi connectivity index (χ0v) is 11.7. The Kier molecular flexibility index (Phi) is 5.98. The highest BCUT2D eigenvalue weighted by Crippen LogP contribution is 2.22. The molecule has 1 rings (SSSR count). The van der Waals surface area contributed by atoms with Gasteiger partial charge >= 0.3 is 0 Å². The van der Waals surface area contributed by atoms with Gasteiger partial charge in [-0.15, -0.1) is 11.3 Å². The normalized spacial score (nSPS) is 11.0. The molecule has 1 aromatic rings. The van der Waals surface area contributed by atoms with Crippen LogP contribution in [-0.4, -0.2) is 12.5 Å². The van der Waals surface area contributed by atoms with Crippen LogP contribution in [0.4, 0.5) is 0 Å². The molecule has 1 amide bonds. The molecule has 0 aliphatic heterocycles. The van der Waals surface area contributed by atoms with E-state index in [-0.39, 0.29) is 5.91 Å².